The van der Waals surface area contributed by atoms with Crippen LogP contribution in [-0.2, 0) is 4.74 Å². The first kappa shape index (κ1) is 8.92. The van der Waals surface area contributed by atoms with Gasteiger partial charge in [-0.3, -0.25) is 0 Å². The van der Waals surface area contributed by atoms with Gasteiger partial charge in [0, 0.05) is 0 Å². The van der Waals surface area contributed by atoms with Crippen molar-refractivity contribution in [3.63, 3.8) is 0 Å². The highest BCUT2D eigenvalue weighted by Crippen LogP contribution is 2.16. The van der Waals surface area contributed by atoms with Crippen LogP contribution >= 0.6 is 0 Å². The number of unbranched alkanes of at least 4 members (excludes halogenated alkanes) is 2. The zero-order valence-electron chi connectivity index (χ0n) is 6.02. The number of hydrogen-bond donors (Lipinski definition) is 0. The molecule has 0 aromatic carbocycles. The second kappa shape index (κ2) is 4.77. The highest BCUT2D eigenvalue weighted by Gasteiger charge is 2.20. The van der Waals surface area contributed by atoms with Crippen LogP contribution in [0.1, 0.15) is 32.6 Å². The average molecular weight is 132 g/mol. The summed E-state index contributed by atoms with van der Waals surface area (Å²) in [4.78, 5) is 0. The summed E-state index contributed by atoms with van der Waals surface area (Å²) in [5.74, 6) is 0. The molecule has 1 saturated heterocycles. The first-order valence-electron chi connectivity index (χ1n) is 3.55. The van der Waals surface area contributed by atoms with E-state index in [1.54, 1.807) is 0 Å². The maximum atomic E-state index is 5.06. The monoisotopic (exact) mass is 132 g/mol. The van der Waals surface area contributed by atoms with Crippen LogP contribution in [0.25, 0.3) is 0 Å². The highest BCUT2D eigenvalue weighted by molar-refractivity contribution is 4.67. The van der Waals surface area contributed by atoms with E-state index in [0.29, 0.717) is 6.10 Å². The van der Waals surface area contributed by atoms with E-state index in [2.05, 4.69) is 6.92 Å². The highest BCUT2D eigenvalue weighted by atomic mass is 16.6. The lowest BCUT2D eigenvalue weighted by Gasteiger charge is -1.90. The van der Waals surface area contributed by atoms with Crippen molar-refractivity contribution in [3.8, 4) is 0 Å². The van der Waals surface area contributed by atoms with Crippen LogP contribution in [0.15, 0.2) is 0 Å². The van der Waals surface area contributed by atoms with Gasteiger partial charge in [-0.25, -0.2) is 0 Å². The van der Waals surface area contributed by atoms with E-state index in [1.807, 2.05) is 0 Å². The second-order valence-corrected chi connectivity index (χ2v) is 2.45. The Morgan fingerprint density at radius 3 is 2.56 bits per heavy atom. The molecule has 1 atom stereocenters. The smallest absolute Gasteiger partial charge is 0.0810 e. The molecule has 1 aliphatic rings. The lowest BCUT2D eigenvalue weighted by molar-refractivity contribution is 0.389. The minimum atomic E-state index is 0. The van der Waals surface area contributed by atoms with Gasteiger partial charge in [-0.05, 0) is 6.42 Å². The zero-order valence-corrected chi connectivity index (χ0v) is 6.02. The molecular formula is C7H16O2. The standard InChI is InChI=1S/C7H14O.H2O/c1-2-3-4-5-7-6-8-7;/h7H,2-6H2,1H3;1H2. The molecule has 0 saturated carbocycles. The summed E-state index contributed by atoms with van der Waals surface area (Å²) in [5.41, 5.74) is 0. The average Bonchev–Trinajstić information content (AvgIpc) is 2.51. The molecule has 1 fully saturated rings. The Labute approximate surface area is 56.5 Å². The number of epoxide rings is 1. The van der Waals surface area contributed by atoms with Gasteiger partial charge in [-0.15, -0.1) is 0 Å². The maximum absolute atomic E-state index is 5.06. The summed E-state index contributed by atoms with van der Waals surface area (Å²) >= 11 is 0. The van der Waals surface area contributed by atoms with E-state index in [4.69, 9.17) is 4.74 Å². The van der Waals surface area contributed by atoms with E-state index < -0.39 is 0 Å². The van der Waals surface area contributed by atoms with Crippen LogP contribution < -0.4 is 0 Å². The Morgan fingerprint density at radius 2 is 2.11 bits per heavy atom. The molecule has 2 nitrogen and oxygen atoms in total. The molecule has 0 bridgehead atoms. The molecule has 2 N–H and O–H groups in total. The zero-order chi connectivity index (χ0) is 5.82. The van der Waals surface area contributed by atoms with Crippen LogP contribution in [0.3, 0.4) is 0 Å². The third-order valence-electron chi connectivity index (χ3n) is 1.53. The fourth-order valence-corrected chi connectivity index (χ4v) is 0.857. The molecule has 0 radical (unpaired) electrons. The number of ether oxygens (including phenoxy) is 1. The van der Waals surface area contributed by atoms with Gasteiger partial charge in [-0.1, -0.05) is 26.2 Å². The number of rotatable bonds is 4. The van der Waals surface area contributed by atoms with Gasteiger partial charge in [0.2, 0.25) is 0 Å². The molecule has 9 heavy (non-hydrogen) atoms. The summed E-state index contributed by atoms with van der Waals surface area (Å²) in [6.45, 7) is 3.26. The van der Waals surface area contributed by atoms with Crippen molar-refractivity contribution in [1.82, 2.24) is 0 Å². The van der Waals surface area contributed by atoms with Crippen molar-refractivity contribution in [2.75, 3.05) is 6.61 Å². The molecule has 0 spiro atoms. The normalized spacial score (nSPS) is 23.0. The molecule has 0 aliphatic carbocycles. The van der Waals surface area contributed by atoms with Gasteiger partial charge in [0.1, 0.15) is 0 Å². The lowest BCUT2D eigenvalue weighted by atomic mass is 10.2. The Bertz CT molecular complexity index is 59.9. The van der Waals surface area contributed by atoms with E-state index in [9.17, 15) is 0 Å². The Hall–Kier alpha value is -0.0800. The van der Waals surface area contributed by atoms with Crippen molar-refractivity contribution in [3.05, 3.63) is 0 Å². The third-order valence-corrected chi connectivity index (χ3v) is 1.53. The third kappa shape index (κ3) is 4.43. The molecular weight excluding hydrogens is 116 g/mol. The molecule has 1 aliphatic heterocycles. The minimum Gasteiger partial charge on any atom is -0.412 e. The maximum Gasteiger partial charge on any atom is 0.0810 e. The molecule has 0 aromatic heterocycles. The molecule has 1 unspecified atom stereocenters. The van der Waals surface area contributed by atoms with Crippen molar-refractivity contribution in [1.29, 1.82) is 0 Å². The van der Waals surface area contributed by atoms with Crippen LogP contribution in [0, 0.1) is 0 Å². The van der Waals surface area contributed by atoms with Crippen molar-refractivity contribution in [2.45, 2.75) is 38.7 Å². The molecule has 1 heterocycles. The van der Waals surface area contributed by atoms with E-state index in [-0.39, 0.29) is 5.48 Å². The van der Waals surface area contributed by atoms with Crippen molar-refractivity contribution in [2.24, 2.45) is 0 Å². The Morgan fingerprint density at radius 1 is 1.44 bits per heavy atom. The van der Waals surface area contributed by atoms with Gasteiger partial charge in [0.15, 0.2) is 0 Å². The Balaban J connectivity index is 0.000000640. The van der Waals surface area contributed by atoms with E-state index >= 15 is 0 Å². The van der Waals surface area contributed by atoms with Gasteiger partial charge in [0.05, 0.1) is 12.7 Å². The Kier molecular flexibility index (Phi) is 4.72. The van der Waals surface area contributed by atoms with Gasteiger partial charge >= 0.3 is 0 Å². The fraction of sp³-hybridized carbons (Fsp3) is 1.00. The quantitative estimate of drug-likeness (QED) is 0.418. The summed E-state index contributed by atoms with van der Waals surface area (Å²) in [6, 6.07) is 0. The van der Waals surface area contributed by atoms with Crippen LogP contribution in [0.4, 0.5) is 0 Å². The molecule has 0 amide bonds. The predicted molar refractivity (Wildman–Crippen MR) is 37.5 cm³/mol. The first-order valence-corrected chi connectivity index (χ1v) is 3.55. The summed E-state index contributed by atoms with van der Waals surface area (Å²) < 4.78 is 5.06. The summed E-state index contributed by atoms with van der Waals surface area (Å²) in [5, 5.41) is 0. The number of hydrogen-bond acceptors (Lipinski definition) is 1. The van der Waals surface area contributed by atoms with E-state index in [1.165, 1.54) is 25.7 Å². The molecule has 1 rings (SSSR count). The second-order valence-electron chi connectivity index (χ2n) is 2.45. The lowest BCUT2D eigenvalue weighted by Crippen LogP contribution is -1.83. The SMILES string of the molecule is CCCCCC1CO1.O. The van der Waals surface area contributed by atoms with Crippen LogP contribution in [0.5, 0.6) is 0 Å². The molecule has 0 aromatic rings. The summed E-state index contributed by atoms with van der Waals surface area (Å²) in [6.07, 6.45) is 6.02. The van der Waals surface area contributed by atoms with E-state index in [0.717, 1.165) is 6.61 Å². The molecule has 56 valence electrons. The van der Waals surface area contributed by atoms with Gasteiger partial charge in [-0.2, -0.15) is 0 Å². The first-order chi connectivity index (χ1) is 3.93. The van der Waals surface area contributed by atoms with Crippen LogP contribution in [0.2, 0.25) is 0 Å². The molecule has 2 heteroatoms. The fourth-order valence-electron chi connectivity index (χ4n) is 0.857. The topological polar surface area (TPSA) is 44.0 Å². The van der Waals surface area contributed by atoms with Crippen molar-refractivity contribution < 1.29 is 10.2 Å². The largest absolute Gasteiger partial charge is 0.412 e. The van der Waals surface area contributed by atoms with Crippen LogP contribution in [-0.4, -0.2) is 18.2 Å². The summed E-state index contributed by atoms with van der Waals surface area (Å²) in [7, 11) is 0. The minimum absolute atomic E-state index is 0. The van der Waals surface area contributed by atoms with Gasteiger partial charge < -0.3 is 10.2 Å². The predicted octanol–water partition coefficient (Wildman–Crippen LogP) is 1.14. The van der Waals surface area contributed by atoms with Gasteiger partial charge in [0.25, 0.3) is 0 Å². The van der Waals surface area contributed by atoms with Crippen molar-refractivity contribution >= 4 is 0 Å².